The number of nitrogens with zero attached hydrogens (tertiary/aromatic N) is 4. The van der Waals surface area contributed by atoms with Crippen molar-refractivity contribution in [2.45, 2.75) is 25.3 Å². The minimum absolute atomic E-state index is 0.0974. The van der Waals surface area contributed by atoms with Gasteiger partial charge in [-0.05, 0) is 29.8 Å². The Morgan fingerprint density at radius 2 is 1.87 bits per heavy atom. The van der Waals surface area contributed by atoms with E-state index in [1.165, 1.54) is 24.2 Å². The first kappa shape index (κ1) is 17.3. The van der Waals surface area contributed by atoms with E-state index >= 15 is 0 Å². The van der Waals surface area contributed by atoms with Crippen molar-refractivity contribution in [3.8, 4) is 0 Å². The maximum Gasteiger partial charge on any atom is 0.300 e. The molecule has 9 heteroatoms. The van der Waals surface area contributed by atoms with Crippen LogP contribution < -0.4 is 4.90 Å². The summed E-state index contributed by atoms with van der Waals surface area (Å²) in [5.41, 5.74) is 4.52. The van der Waals surface area contributed by atoms with E-state index < -0.39 is 17.7 Å². The lowest BCUT2D eigenvalue weighted by Crippen LogP contribution is -2.29. The molecule has 2 aromatic heterocycles. The molecule has 1 atom stereocenters. The van der Waals surface area contributed by atoms with E-state index in [1.54, 1.807) is 36.7 Å². The first-order chi connectivity index (χ1) is 14.6. The Labute approximate surface area is 174 Å². The molecule has 1 unspecified atom stereocenters. The summed E-state index contributed by atoms with van der Waals surface area (Å²) in [4.78, 5) is 34.0. The third kappa shape index (κ3) is 2.35. The highest BCUT2D eigenvalue weighted by Crippen LogP contribution is 2.50. The molecule has 2 aromatic carbocycles. The standard InChI is InChI=1S/C18H9N5O3S.C3H6/c24-16-12-8(2-4-10-14(12)22-27-21-10)15-13(16)17(25)18(26)23(15)7-1-3-9-11(5-7)20-6-19-9;1-2-3-1/h1-6,15,24H,(H,19,20);1-3H2. The predicted octanol–water partition coefficient (Wildman–Crippen LogP) is 3.68. The lowest BCUT2D eigenvalue weighted by Gasteiger charge is -2.23. The van der Waals surface area contributed by atoms with E-state index in [4.69, 9.17) is 0 Å². The van der Waals surface area contributed by atoms with Gasteiger partial charge in [-0.25, -0.2) is 4.98 Å². The molecule has 4 aromatic rings. The van der Waals surface area contributed by atoms with Gasteiger partial charge in [0.1, 0.15) is 16.8 Å². The molecule has 0 bridgehead atoms. The molecule has 30 heavy (non-hydrogen) atoms. The number of aliphatic hydroxyl groups is 1. The number of carbonyl (C=O) groups excluding carboxylic acids is 2. The molecule has 0 spiro atoms. The molecule has 8 nitrogen and oxygen atoms in total. The van der Waals surface area contributed by atoms with Gasteiger partial charge in [0.15, 0.2) is 0 Å². The van der Waals surface area contributed by atoms with Gasteiger partial charge in [-0.15, -0.1) is 0 Å². The van der Waals surface area contributed by atoms with Crippen LogP contribution in [0.3, 0.4) is 0 Å². The average Bonchev–Trinajstić information content (AvgIpc) is 3.24. The number of hydrogen-bond donors (Lipinski definition) is 2. The summed E-state index contributed by atoms with van der Waals surface area (Å²) in [5.74, 6) is -1.55. The largest absolute Gasteiger partial charge is 0.507 e. The quantitative estimate of drug-likeness (QED) is 0.457. The van der Waals surface area contributed by atoms with E-state index in [9.17, 15) is 14.7 Å². The van der Waals surface area contributed by atoms with Gasteiger partial charge in [-0.1, -0.05) is 25.3 Å². The van der Waals surface area contributed by atoms with Crippen molar-refractivity contribution in [1.82, 2.24) is 18.7 Å². The van der Waals surface area contributed by atoms with E-state index in [2.05, 4.69) is 18.7 Å². The van der Waals surface area contributed by atoms with Gasteiger partial charge in [0.2, 0.25) is 0 Å². The molecule has 1 amide bonds. The molecule has 2 N–H and O–H groups in total. The molecule has 7 rings (SSSR count). The first-order valence-electron chi connectivity index (χ1n) is 9.65. The number of imidazole rings is 1. The molecule has 0 radical (unpaired) electrons. The number of hydrogen-bond acceptors (Lipinski definition) is 7. The van der Waals surface area contributed by atoms with Gasteiger partial charge in [0.25, 0.3) is 11.7 Å². The molecular weight excluding hydrogens is 402 g/mol. The van der Waals surface area contributed by atoms with E-state index in [0.717, 1.165) is 22.8 Å². The smallest absolute Gasteiger partial charge is 0.300 e. The predicted molar refractivity (Wildman–Crippen MR) is 112 cm³/mol. The van der Waals surface area contributed by atoms with Crippen LogP contribution in [-0.2, 0) is 9.59 Å². The number of aromatic nitrogens is 4. The molecular formula is C21H15N5O3S. The summed E-state index contributed by atoms with van der Waals surface area (Å²) in [6.45, 7) is 0. The number of ketones is 1. The van der Waals surface area contributed by atoms with E-state index in [-0.39, 0.29) is 11.3 Å². The Kier molecular flexibility index (Phi) is 3.57. The van der Waals surface area contributed by atoms with Gasteiger partial charge >= 0.3 is 0 Å². The van der Waals surface area contributed by atoms with Crippen LogP contribution in [0.1, 0.15) is 36.4 Å². The number of aliphatic hydroxyl groups excluding tert-OH is 1. The van der Waals surface area contributed by atoms with Crippen molar-refractivity contribution < 1.29 is 14.7 Å². The SMILES string of the molecule is C1CC1.O=C1C(=O)N(c2ccc3nc[nH]c3c2)C2C1=C(O)c1c2ccc2nsnc12. The monoisotopic (exact) mass is 417 g/mol. The number of benzene rings is 2. The molecule has 148 valence electrons. The van der Waals surface area contributed by atoms with Crippen LogP contribution in [0, 0.1) is 0 Å². The van der Waals surface area contributed by atoms with Crippen molar-refractivity contribution >= 4 is 56.9 Å². The number of H-pyrrole nitrogens is 1. The molecule has 3 heterocycles. The molecule has 3 aliphatic rings. The van der Waals surface area contributed by atoms with Crippen LogP contribution in [0.25, 0.3) is 27.8 Å². The lowest BCUT2D eigenvalue weighted by molar-refractivity contribution is -0.132. The molecule has 1 saturated heterocycles. The van der Waals surface area contributed by atoms with Crippen LogP contribution in [0.15, 0.2) is 42.2 Å². The number of Topliss-reactive ketones (excluding diaryl/α,β-unsaturated/α-hetero) is 1. The van der Waals surface area contributed by atoms with Crippen molar-refractivity contribution in [2.75, 3.05) is 4.90 Å². The number of anilines is 1. The molecule has 1 aliphatic heterocycles. The normalized spacial score (nSPS) is 19.3. The fourth-order valence-corrected chi connectivity index (χ4v) is 4.49. The number of aromatic amines is 1. The fraction of sp³-hybridized carbons (Fsp3) is 0.190. The number of rotatable bonds is 1. The third-order valence-electron chi connectivity index (χ3n) is 5.47. The Morgan fingerprint density at radius 3 is 2.67 bits per heavy atom. The van der Waals surface area contributed by atoms with Crippen molar-refractivity contribution in [3.05, 3.63) is 53.4 Å². The summed E-state index contributed by atoms with van der Waals surface area (Å²) < 4.78 is 8.44. The van der Waals surface area contributed by atoms with Crippen LogP contribution in [0.2, 0.25) is 0 Å². The highest BCUT2D eigenvalue weighted by atomic mass is 32.1. The Balaban J connectivity index is 0.000000539. The zero-order valence-corrected chi connectivity index (χ0v) is 16.4. The van der Waals surface area contributed by atoms with Crippen molar-refractivity contribution in [1.29, 1.82) is 0 Å². The summed E-state index contributed by atoms with van der Waals surface area (Å²) >= 11 is 1.04. The summed E-state index contributed by atoms with van der Waals surface area (Å²) in [7, 11) is 0. The lowest BCUT2D eigenvalue weighted by atomic mass is 10.0. The Morgan fingerprint density at radius 1 is 1.07 bits per heavy atom. The highest BCUT2D eigenvalue weighted by Gasteiger charge is 2.51. The van der Waals surface area contributed by atoms with Gasteiger partial charge in [-0.3, -0.25) is 14.5 Å². The summed E-state index contributed by atoms with van der Waals surface area (Å²) in [6.07, 6.45) is 6.07. The Bertz CT molecular complexity index is 1400. The van der Waals surface area contributed by atoms with E-state index in [0.29, 0.717) is 27.8 Å². The molecule has 1 saturated carbocycles. The van der Waals surface area contributed by atoms with Crippen LogP contribution >= 0.6 is 11.7 Å². The average molecular weight is 417 g/mol. The van der Waals surface area contributed by atoms with Crippen molar-refractivity contribution in [2.24, 2.45) is 0 Å². The van der Waals surface area contributed by atoms with Crippen molar-refractivity contribution in [3.63, 3.8) is 0 Å². The highest BCUT2D eigenvalue weighted by molar-refractivity contribution is 7.00. The summed E-state index contributed by atoms with van der Waals surface area (Å²) in [5, 5.41) is 10.8. The molecule has 2 fully saturated rings. The van der Waals surface area contributed by atoms with Gasteiger partial charge < -0.3 is 10.1 Å². The second-order valence-electron chi connectivity index (χ2n) is 7.50. The minimum atomic E-state index is -0.699. The number of fused-ring (bicyclic) bond motifs is 6. The topological polar surface area (TPSA) is 112 Å². The zero-order chi connectivity index (χ0) is 20.4. The number of amides is 1. The van der Waals surface area contributed by atoms with E-state index in [1.807, 2.05) is 0 Å². The zero-order valence-electron chi connectivity index (χ0n) is 15.6. The number of carbonyl (C=O) groups is 2. The van der Waals surface area contributed by atoms with Gasteiger partial charge in [-0.2, -0.15) is 8.75 Å². The minimum Gasteiger partial charge on any atom is -0.507 e. The molecule has 2 aliphatic carbocycles. The maximum absolute atomic E-state index is 12.7. The van der Waals surface area contributed by atoms with Crippen LogP contribution in [0.4, 0.5) is 5.69 Å². The Hall–Kier alpha value is -3.59. The maximum atomic E-state index is 12.7. The first-order valence-corrected chi connectivity index (χ1v) is 10.4. The fourth-order valence-electron chi connectivity index (χ4n) is 3.94. The second kappa shape index (κ2) is 6.20. The number of nitrogens with one attached hydrogen (secondary N) is 1. The van der Waals surface area contributed by atoms with Gasteiger partial charge in [0.05, 0.1) is 46.3 Å². The summed E-state index contributed by atoms with van der Waals surface area (Å²) in [6, 6.07) is 8.21. The third-order valence-corrected chi connectivity index (χ3v) is 6.01. The van der Waals surface area contributed by atoms with Crippen LogP contribution in [-0.4, -0.2) is 35.5 Å². The second-order valence-corrected chi connectivity index (χ2v) is 8.02. The van der Waals surface area contributed by atoms with Gasteiger partial charge in [0, 0.05) is 5.69 Å². The van der Waals surface area contributed by atoms with Crippen LogP contribution in [0.5, 0.6) is 0 Å².